The Kier molecular flexibility index (Phi) is 1.70. The van der Waals surface area contributed by atoms with Crippen molar-refractivity contribution in [1.82, 2.24) is 0 Å². The summed E-state index contributed by atoms with van der Waals surface area (Å²) >= 11 is 0. The summed E-state index contributed by atoms with van der Waals surface area (Å²) in [7, 11) is 0. The van der Waals surface area contributed by atoms with E-state index in [0.717, 1.165) is 0 Å². The van der Waals surface area contributed by atoms with Gasteiger partial charge in [0.15, 0.2) is 0 Å². The van der Waals surface area contributed by atoms with Gasteiger partial charge < -0.3 is 0 Å². The SMILES string of the molecule is C[C@@]1(F)OC(F)(F)C(F)(F)C1(F)F. The molecule has 1 atom stereocenters. The molecular formula is C5H3F7O. The minimum Gasteiger partial charge on any atom is -0.272 e. The van der Waals surface area contributed by atoms with Gasteiger partial charge in [0.1, 0.15) is 0 Å². The molecule has 0 bridgehead atoms. The van der Waals surface area contributed by atoms with Crippen LogP contribution < -0.4 is 0 Å². The third-order valence-electron chi connectivity index (χ3n) is 1.64. The van der Waals surface area contributed by atoms with Crippen LogP contribution in [0.2, 0.25) is 0 Å². The van der Waals surface area contributed by atoms with Gasteiger partial charge in [-0.3, -0.25) is 4.74 Å². The summed E-state index contributed by atoms with van der Waals surface area (Å²) in [5, 5.41) is 0. The van der Waals surface area contributed by atoms with E-state index < -0.39 is 23.8 Å². The van der Waals surface area contributed by atoms with Gasteiger partial charge >= 0.3 is 18.0 Å². The van der Waals surface area contributed by atoms with E-state index in [1.54, 1.807) is 0 Å². The van der Waals surface area contributed by atoms with Crippen LogP contribution in [-0.4, -0.2) is 23.8 Å². The average Bonchev–Trinajstić information content (AvgIpc) is 1.88. The minimum absolute atomic E-state index is 0.179. The summed E-state index contributed by atoms with van der Waals surface area (Å²) in [5.41, 5.74) is 0. The molecule has 0 spiro atoms. The van der Waals surface area contributed by atoms with Gasteiger partial charge in [-0.1, -0.05) is 0 Å². The fourth-order valence-electron chi connectivity index (χ4n) is 0.832. The lowest BCUT2D eigenvalue weighted by molar-refractivity contribution is -0.335. The highest BCUT2D eigenvalue weighted by Crippen LogP contribution is 2.60. The van der Waals surface area contributed by atoms with Crippen LogP contribution in [0, 0.1) is 0 Å². The molecule has 1 nitrogen and oxygen atoms in total. The van der Waals surface area contributed by atoms with Gasteiger partial charge in [-0.05, 0) is 0 Å². The zero-order valence-electron chi connectivity index (χ0n) is 6.05. The second kappa shape index (κ2) is 2.10. The second-order valence-corrected chi connectivity index (χ2v) is 2.68. The molecule has 0 aromatic rings. The Bertz CT molecular complexity index is 209. The second-order valence-electron chi connectivity index (χ2n) is 2.68. The molecule has 0 unspecified atom stereocenters. The molecule has 1 saturated heterocycles. The van der Waals surface area contributed by atoms with Crippen molar-refractivity contribution in [2.24, 2.45) is 0 Å². The quantitative estimate of drug-likeness (QED) is 0.560. The maximum atomic E-state index is 12.4. The molecule has 1 rings (SSSR count). The third kappa shape index (κ3) is 0.976. The topological polar surface area (TPSA) is 9.23 Å². The Balaban J connectivity index is 3.24. The van der Waals surface area contributed by atoms with Gasteiger partial charge in [0.25, 0.3) is 5.85 Å². The van der Waals surface area contributed by atoms with E-state index in [0.29, 0.717) is 0 Å². The molecule has 0 aliphatic carbocycles. The van der Waals surface area contributed by atoms with Gasteiger partial charge in [0.05, 0.1) is 0 Å². The number of alkyl halides is 7. The van der Waals surface area contributed by atoms with Gasteiger partial charge in [0, 0.05) is 6.92 Å². The maximum absolute atomic E-state index is 12.4. The molecule has 1 aliphatic rings. The van der Waals surface area contributed by atoms with Crippen molar-refractivity contribution in [1.29, 1.82) is 0 Å². The zero-order chi connectivity index (χ0) is 10.7. The lowest BCUT2D eigenvalue weighted by Gasteiger charge is -2.22. The van der Waals surface area contributed by atoms with Gasteiger partial charge in [-0.25, -0.2) is 4.39 Å². The van der Waals surface area contributed by atoms with Crippen LogP contribution in [0.5, 0.6) is 0 Å². The molecule has 0 N–H and O–H groups in total. The summed E-state index contributed by atoms with van der Waals surface area (Å²) in [4.78, 5) is 0. The predicted molar refractivity (Wildman–Crippen MR) is 25.4 cm³/mol. The van der Waals surface area contributed by atoms with Crippen molar-refractivity contribution >= 4 is 0 Å². The van der Waals surface area contributed by atoms with Crippen LogP contribution in [0.1, 0.15) is 6.92 Å². The smallest absolute Gasteiger partial charge is 0.272 e. The lowest BCUT2D eigenvalue weighted by atomic mass is 10.1. The van der Waals surface area contributed by atoms with Gasteiger partial charge in [-0.2, -0.15) is 26.3 Å². The standard InChI is InChI=1S/C5H3F7O/c1-2(6)3(7,8)4(9,10)5(11,12)13-2/h1H3/t2-/m1/s1. The van der Waals surface area contributed by atoms with Crippen LogP contribution >= 0.6 is 0 Å². The largest absolute Gasteiger partial charge is 0.428 e. The first-order valence-corrected chi connectivity index (χ1v) is 2.98. The molecule has 1 aliphatic heterocycles. The maximum Gasteiger partial charge on any atom is 0.428 e. The van der Waals surface area contributed by atoms with Gasteiger partial charge in [0.2, 0.25) is 0 Å². The molecule has 0 radical (unpaired) electrons. The van der Waals surface area contributed by atoms with E-state index >= 15 is 0 Å². The van der Waals surface area contributed by atoms with E-state index in [4.69, 9.17) is 0 Å². The van der Waals surface area contributed by atoms with Crippen molar-refractivity contribution in [2.45, 2.75) is 30.7 Å². The molecule has 0 aromatic heterocycles. The highest BCUT2D eigenvalue weighted by atomic mass is 19.4. The number of rotatable bonds is 0. The van der Waals surface area contributed by atoms with E-state index in [1.165, 1.54) is 0 Å². The Morgan fingerprint density at radius 1 is 0.769 bits per heavy atom. The van der Waals surface area contributed by atoms with E-state index in [-0.39, 0.29) is 6.92 Å². The summed E-state index contributed by atoms with van der Waals surface area (Å²) in [6.45, 7) is -0.179. The fraction of sp³-hybridized carbons (Fsp3) is 1.00. The summed E-state index contributed by atoms with van der Waals surface area (Å²) in [5.74, 6) is -15.8. The molecule has 0 amide bonds. The molecule has 78 valence electrons. The molecule has 8 heteroatoms. The molecule has 1 heterocycles. The van der Waals surface area contributed by atoms with Crippen LogP contribution in [0.3, 0.4) is 0 Å². The average molecular weight is 212 g/mol. The number of hydrogen-bond donors (Lipinski definition) is 0. The Morgan fingerprint density at radius 2 is 1.15 bits per heavy atom. The Labute approximate surface area is 67.5 Å². The van der Waals surface area contributed by atoms with Crippen molar-refractivity contribution < 1.29 is 35.5 Å². The minimum atomic E-state index is -5.84. The third-order valence-corrected chi connectivity index (χ3v) is 1.64. The molecule has 0 aromatic carbocycles. The Hall–Kier alpha value is -0.530. The lowest BCUT2D eigenvalue weighted by Crippen LogP contribution is -2.51. The number of ether oxygens (including phenoxy) is 1. The monoisotopic (exact) mass is 212 g/mol. The van der Waals surface area contributed by atoms with Crippen molar-refractivity contribution in [2.75, 3.05) is 0 Å². The van der Waals surface area contributed by atoms with Gasteiger partial charge in [-0.15, -0.1) is 0 Å². The summed E-state index contributed by atoms with van der Waals surface area (Å²) < 4.78 is 87.9. The van der Waals surface area contributed by atoms with Crippen molar-refractivity contribution in [3.05, 3.63) is 0 Å². The molecular weight excluding hydrogens is 209 g/mol. The van der Waals surface area contributed by atoms with Crippen LogP contribution in [0.25, 0.3) is 0 Å². The normalized spacial score (nSPS) is 40.6. The first kappa shape index (κ1) is 10.6. The van der Waals surface area contributed by atoms with Crippen LogP contribution in [0.4, 0.5) is 30.7 Å². The van der Waals surface area contributed by atoms with E-state index in [2.05, 4.69) is 4.74 Å². The first-order valence-electron chi connectivity index (χ1n) is 2.98. The van der Waals surface area contributed by atoms with Crippen LogP contribution in [-0.2, 0) is 4.74 Å². The van der Waals surface area contributed by atoms with E-state index in [1.807, 2.05) is 0 Å². The Morgan fingerprint density at radius 3 is 1.23 bits per heavy atom. The number of hydrogen-bond acceptors (Lipinski definition) is 1. The molecule has 1 fully saturated rings. The summed E-state index contributed by atoms with van der Waals surface area (Å²) in [6, 6.07) is 0. The van der Waals surface area contributed by atoms with Crippen molar-refractivity contribution in [3.8, 4) is 0 Å². The molecule has 13 heavy (non-hydrogen) atoms. The number of halogens is 7. The van der Waals surface area contributed by atoms with Crippen LogP contribution in [0.15, 0.2) is 0 Å². The highest BCUT2D eigenvalue weighted by molar-refractivity contribution is 5.05. The predicted octanol–water partition coefficient (Wildman–Crippen LogP) is 2.57. The highest BCUT2D eigenvalue weighted by Gasteiger charge is 2.88. The zero-order valence-corrected chi connectivity index (χ0v) is 6.05. The summed E-state index contributed by atoms with van der Waals surface area (Å²) in [6.07, 6.45) is -5.50. The van der Waals surface area contributed by atoms with Crippen molar-refractivity contribution in [3.63, 3.8) is 0 Å². The molecule has 0 saturated carbocycles. The first-order chi connectivity index (χ1) is 5.46. The van der Waals surface area contributed by atoms with E-state index in [9.17, 15) is 30.7 Å². The fourth-order valence-corrected chi connectivity index (χ4v) is 0.832.